The highest BCUT2D eigenvalue weighted by Crippen LogP contribution is 2.33. The molecule has 2 rings (SSSR count). The number of aliphatic hydroxyl groups is 1. The number of anilines is 2. The second-order valence-electron chi connectivity index (χ2n) is 4.90. The highest BCUT2D eigenvalue weighted by atomic mass is 19.4. The van der Waals surface area contributed by atoms with E-state index in [9.17, 15) is 18.3 Å². The van der Waals surface area contributed by atoms with Crippen molar-refractivity contribution in [3.05, 3.63) is 17.7 Å². The lowest BCUT2D eigenvalue weighted by Crippen LogP contribution is -2.48. The number of halogens is 3. The van der Waals surface area contributed by atoms with Crippen molar-refractivity contribution in [3.63, 3.8) is 0 Å². The van der Waals surface area contributed by atoms with Gasteiger partial charge >= 0.3 is 6.18 Å². The molecule has 4 N–H and O–H groups in total. The minimum absolute atomic E-state index is 0.0699. The van der Waals surface area contributed by atoms with Crippen molar-refractivity contribution in [2.45, 2.75) is 25.3 Å². The number of aromatic nitrogens is 1. The fourth-order valence-corrected chi connectivity index (χ4v) is 2.25. The molecule has 1 fully saturated rings. The van der Waals surface area contributed by atoms with Gasteiger partial charge in [0, 0.05) is 13.1 Å². The molecule has 21 heavy (non-hydrogen) atoms. The van der Waals surface area contributed by atoms with Gasteiger partial charge in [-0.3, -0.25) is 0 Å². The molecule has 0 radical (unpaired) electrons. The Morgan fingerprint density at radius 1 is 1.48 bits per heavy atom. The van der Waals surface area contributed by atoms with Crippen molar-refractivity contribution in [3.8, 4) is 0 Å². The number of rotatable bonds is 3. The first-order chi connectivity index (χ1) is 9.83. The molecule has 0 aliphatic carbocycles. The first-order valence-electron chi connectivity index (χ1n) is 6.40. The summed E-state index contributed by atoms with van der Waals surface area (Å²) in [6, 6.07) is 1.81. The summed E-state index contributed by atoms with van der Waals surface area (Å²) in [7, 11) is 0. The predicted molar refractivity (Wildman–Crippen MR) is 70.7 cm³/mol. The Labute approximate surface area is 119 Å². The van der Waals surface area contributed by atoms with E-state index >= 15 is 0 Å². The topological polar surface area (TPSA) is 83.6 Å². The monoisotopic (exact) mass is 306 g/mol. The van der Waals surface area contributed by atoms with Gasteiger partial charge in [0.2, 0.25) is 0 Å². The quantitative estimate of drug-likeness (QED) is 0.570. The number of nitrogen functional groups attached to an aromatic ring is 1. The largest absolute Gasteiger partial charge is 0.416 e. The summed E-state index contributed by atoms with van der Waals surface area (Å²) in [5.74, 6) is 5.25. The van der Waals surface area contributed by atoms with E-state index in [1.165, 1.54) is 0 Å². The Morgan fingerprint density at radius 3 is 2.76 bits per heavy atom. The lowest BCUT2D eigenvalue weighted by Gasteiger charge is -2.37. The maximum absolute atomic E-state index is 12.9. The zero-order valence-electron chi connectivity index (χ0n) is 11.4. The molecule has 2 unspecified atom stereocenters. The molecule has 2 heterocycles. The molecule has 1 aromatic rings. The fraction of sp³-hybridized carbons (Fsp3) is 0.583. The molecule has 1 aromatic heterocycles. The standard InChI is InChI=1S/C12H17F3N4O2/c1-7-4-19(5-9(6-20)21-7)11-3-8(12(13,14)15)2-10(17-11)18-16/h2-3,7,9,20H,4-6,16H2,1H3,(H,17,18). The SMILES string of the molecule is CC1CN(c2cc(C(F)(F)F)cc(NN)n2)CC(CO)O1. The summed E-state index contributed by atoms with van der Waals surface area (Å²) in [5.41, 5.74) is 1.30. The van der Waals surface area contributed by atoms with Crippen LogP contribution in [0.25, 0.3) is 0 Å². The third-order valence-corrected chi connectivity index (χ3v) is 3.14. The van der Waals surface area contributed by atoms with Crippen molar-refractivity contribution in [1.29, 1.82) is 0 Å². The zero-order valence-corrected chi connectivity index (χ0v) is 11.4. The van der Waals surface area contributed by atoms with Crippen molar-refractivity contribution < 1.29 is 23.0 Å². The van der Waals surface area contributed by atoms with Crippen LogP contribution < -0.4 is 16.2 Å². The average molecular weight is 306 g/mol. The van der Waals surface area contributed by atoms with Crippen molar-refractivity contribution >= 4 is 11.6 Å². The molecular weight excluding hydrogens is 289 g/mol. The van der Waals surface area contributed by atoms with Gasteiger partial charge < -0.3 is 20.2 Å². The lowest BCUT2D eigenvalue weighted by atomic mass is 10.2. The van der Waals surface area contributed by atoms with E-state index in [4.69, 9.17) is 10.6 Å². The summed E-state index contributed by atoms with van der Waals surface area (Å²) >= 11 is 0. The average Bonchev–Trinajstić information content (AvgIpc) is 2.45. The van der Waals surface area contributed by atoms with Crippen LogP contribution in [-0.2, 0) is 10.9 Å². The number of ether oxygens (including phenoxy) is 1. The van der Waals surface area contributed by atoms with Crippen LogP contribution in [0.15, 0.2) is 12.1 Å². The minimum Gasteiger partial charge on any atom is -0.394 e. The van der Waals surface area contributed by atoms with Gasteiger partial charge in [0.05, 0.1) is 24.4 Å². The molecule has 118 valence electrons. The van der Waals surface area contributed by atoms with E-state index in [-0.39, 0.29) is 30.9 Å². The van der Waals surface area contributed by atoms with Crippen LogP contribution in [0, 0.1) is 0 Å². The van der Waals surface area contributed by atoms with Crippen LogP contribution in [0.1, 0.15) is 12.5 Å². The predicted octanol–water partition coefficient (Wildman–Crippen LogP) is 0.972. The summed E-state index contributed by atoms with van der Waals surface area (Å²) in [4.78, 5) is 5.69. The van der Waals surface area contributed by atoms with Gasteiger partial charge in [0.15, 0.2) is 0 Å². The summed E-state index contributed by atoms with van der Waals surface area (Å²) in [6.07, 6.45) is -5.17. The third kappa shape index (κ3) is 3.74. The number of nitrogens with zero attached hydrogens (tertiary/aromatic N) is 2. The number of nitrogens with one attached hydrogen (secondary N) is 1. The van der Waals surface area contributed by atoms with Gasteiger partial charge in [0.25, 0.3) is 0 Å². The third-order valence-electron chi connectivity index (χ3n) is 3.14. The second kappa shape index (κ2) is 6.04. The Bertz CT molecular complexity index is 498. The number of alkyl halides is 3. The molecule has 0 saturated carbocycles. The molecular formula is C12H17F3N4O2. The number of aliphatic hydroxyl groups excluding tert-OH is 1. The van der Waals surface area contributed by atoms with Crippen LogP contribution in [0.5, 0.6) is 0 Å². The maximum Gasteiger partial charge on any atom is 0.416 e. The van der Waals surface area contributed by atoms with Gasteiger partial charge in [-0.05, 0) is 19.1 Å². The molecule has 0 amide bonds. The van der Waals surface area contributed by atoms with Crippen LogP contribution in [0.3, 0.4) is 0 Å². The smallest absolute Gasteiger partial charge is 0.394 e. The van der Waals surface area contributed by atoms with Crippen LogP contribution in [0.4, 0.5) is 24.8 Å². The highest BCUT2D eigenvalue weighted by Gasteiger charge is 2.33. The first-order valence-corrected chi connectivity index (χ1v) is 6.40. The van der Waals surface area contributed by atoms with Gasteiger partial charge in [-0.15, -0.1) is 0 Å². The Morgan fingerprint density at radius 2 is 2.19 bits per heavy atom. The van der Waals surface area contributed by atoms with E-state index in [2.05, 4.69) is 10.4 Å². The van der Waals surface area contributed by atoms with E-state index in [1.807, 2.05) is 0 Å². The van der Waals surface area contributed by atoms with Crippen LogP contribution >= 0.6 is 0 Å². The summed E-state index contributed by atoms with van der Waals surface area (Å²) < 4.78 is 44.1. The van der Waals surface area contributed by atoms with Crippen molar-refractivity contribution in [2.75, 3.05) is 30.0 Å². The molecule has 9 heteroatoms. The zero-order chi connectivity index (χ0) is 15.6. The molecule has 1 saturated heterocycles. The van der Waals surface area contributed by atoms with Gasteiger partial charge in [-0.25, -0.2) is 10.8 Å². The molecule has 1 aliphatic rings. The highest BCUT2D eigenvalue weighted by molar-refractivity contribution is 5.51. The van der Waals surface area contributed by atoms with Gasteiger partial charge in [-0.2, -0.15) is 13.2 Å². The molecule has 0 bridgehead atoms. The van der Waals surface area contributed by atoms with E-state index in [0.29, 0.717) is 6.54 Å². The fourth-order valence-electron chi connectivity index (χ4n) is 2.25. The van der Waals surface area contributed by atoms with E-state index in [0.717, 1.165) is 12.1 Å². The summed E-state index contributed by atoms with van der Waals surface area (Å²) in [6.45, 7) is 2.22. The Hall–Kier alpha value is -1.58. The summed E-state index contributed by atoms with van der Waals surface area (Å²) in [5, 5.41) is 9.17. The molecule has 6 nitrogen and oxygen atoms in total. The van der Waals surface area contributed by atoms with E-state index in [1.54, 1.807) is 11.8 Å². The molecule has 0 spiro atoms. The van der Waals surface area contributed by atoms with Gasteiger partial charge in [-0.1, -0.05) is 0 Å². The van der Waals surface area contributed by atoms with Crippen molar-refractivity contribution in [1.82, 2.24) is 4.98 Å². The number of pyridine rings is 1. The molecule has 1 aliphatic heterocycles. The van der Waals surface area contributed by atoms with E-state index < -0.39 is 17.8 Å². The maximum atomic E-state index is 12.9. The number of hydrogen-bond acceptors (Lipinski definition) is 6. The van der Waals surface area contributed by atoms with Gasteiger partial charge in [0.1, 0.15) is 11.6 Å². The number of hydrogen-bond donors (Lipinski definition) is 3. The van der Waals surface area contributed by atoms with Crippen molar-refractivity contribution in [2.24, 2.45) is 5.84 Å². The first kappa shape index (κ1) is 15.8. The van der Waals surface area contributed by atoms with Crippen LogP contribution in [-0.4, -0.2) is 42.0 Å². The lowest BCUT2D eigenvalue weighted by molar-refractivity contribution is -0.137. The Kier molecular flexibility index (Phi) is 4.55. The molecule has 0 aromatic carbocycles. The molecule has 2 atom stereocenters. The minimum atomic E-state index is -4.49. The Balaban J connectivity index is 2.33. The normalized spacial score (nSPS) is 23.2. The number of nitrogens with two attached hydrogens (primary N) is 1. The number of hydrazine groups is 1. The number of morpholine rings is 1. The van der Waals surface area contributed by atoms with Crippen LogP contribution in [0.2, 0.25) is 0 Å². The second-order valence-corrected chi connectivity index (χ2v) is 4.90.